The van der Waals surface area contributed by atoms with Crippen LogP contribution < -0.4 is 114 Å². The lowest BCUT2D eigenvalue weighted by Gasteiger charge is -2.15. The van der Waals surface area contributed by atoms with Crippen molar-refractivity contribution in [3.05, 3.63) is 361 Å². The molecule has 0 saturated carbocycles. The first-order valence-corrected chi connectivity index (χ1v) is 45.4. The van der Waals surface area contributed by atoms with Crippen molar-refractivity contribution in [1.29, 1.82) is 0 Å². The summed E-state index contributed by atoms with van der Waals surface area (Å²) in [5.74, 6) is 0. The fourth-order valence-electron chi connectivity index (χ4n) is 6.91. The highest BCUT2D eigenvalue weighted by molar-refractivity contribution is 7.43. The molecule has 12 heterocycles. The van der Waals surface area contributed by atoms with Gasteiger partial charge in [-0.2, -0.15) is 0 Å². The van der Waals surface area contributed by atoms with Gasteiger partial charge in [-0.15, -0.1) is 0 Å². The Morgan fingerprint density at radius 1 is 0.143 bits per heavy atom. The van der Waals surface area contributed by atoms with Gasteiger partial charge in [-0.1, -0.05) is 0 Å². The lowest BCUT2D eigenvalue weighted by molar-refractivity contribution is -0.671. The molecule has 0 fully saturated rings. The van der Waals surface area contributed by atoms with E-state index >= 15 is 0 Å². The number of hydrogen-bond donors (Lipinski definition) is 0. The Bertz CT molecular complexity index is 3670. The Morgan fingerprint density at radius 2 is 0.175 bits per heavy atom. The van der Waals surface area contributed by atoms with Crippen molar-refractivity contribution in [2.75, 3.05) is 0 Å². The van der Waals surface area contributed by atoms with E-state index in [1.54, 1.807) is 0 Å². The molecule has 0 N–H and O–H groups in total. The van der Waals surface area contributed by atoms with Gasteiger partial charge in [-0.25, -0.2) is 80.0 Å². The Balaban J connectivity index is -0.000000304. The van der Waals surface area contributed by atoms with E-state index < -0.39 is 47.4 Å². The Kier molecular flexibility index (Phi) is 71.0. The molecule has 0 bridgehead atoms. The standard InChI is InChI=1S/12C7H10N.6FH2O3P/c12*1-7-3-5-8(2)6-4-7;6*1-5(2,3)4/h12*3-6H,1-2H3;6*(H2,2,3,4)/q12*+1;;;;;;/p-12. The molecule has 0 amide bonds. The zero-order chi connectivity index (χ0) is 98.8. The number of aromatic nitrogens is 12. The monoisotopic (exact) mass is 1880 g/mol. The highest BCUT2D eigenvalue weighted by Gasteiger charge is 1.95. The van der Waals surface area contributed by atoms with Crippen LogP contribution in [0.2, 0.25) is 0 Å². The van der Waals surface area contributed by atoms with E-state index in [0.717, 1.165) is 0 Å². The van der Waals surface area contributed by atoms with E-state index in [4.69, 9.17) is 86.1 Å². The fraction of sp³-hybridized carbons (Fsp3) is 0.286. The maximum atomic E-state index is 10.1. The molecular weight excluding hydrogens is 1760 g/mol. The van der Waals surface area contributed by atoms with Crippen molar-refractivity contribution in [3.8, 4) is 0 Å². The second-order valence-corrected chi connectivity index (χ2v) is 32.2. The van der Waals surface area contributed by atoms with Crippen LogP contribution in [0.5, 0.6) is 0 Å². The molecule has 0 saturated heterocycles. The van der Waals surface area contributed by atoms with E-state index in [2.05, 4.69) is 229 Å². The van der Waals surface area contributed by atoms with Gasteiger partial charge in [0.1, 0.15) is 132 Å². The summed E-state index contributed by atoms with van der Waals surface area (Å²) in [6, 6.07) is 50.0. The third-order valence-corrected chi connectivity index (χ3v) is 13.7. The van der Waals surface area contributed by atoms with E-state index in [9.17, 15) is 25.2 Å². The van der Waals surface area contributed by atoms with E-state index in [-0.39, 0.29) is 0 Å². The summed E-state index contributed by atoms with van der Waals surface area (Å²) in [6.07, 6.45) is 48.9. The minimum Gasteiger partial charge on any atom is -0.786 e. The van der Waals surface area contributed by atoms with E-state index in [1.807, 2.05) is 288 Å². The fourth-order valence-corrected chi connectivity index (χ4v) is 6.91. The number of rotatable bonds is 0. The minimum atomic E-state index is -5.64. The first-order valence-electron chi connectivity index (χ1n) is 36.8. The van der Waals surface area contributed by atoms with Gasteiger partial charge in [0.25, 0.3) is 0 Å². The molecule has 0 aromatic carbocycles. The van der Waals surface area contributed by atoms with Crippen molar-refractivity contribution >= 4 is 47.4 Å². The van der Waals surface area contributed by atoms with Gasteiger partial charge < -0.3 is 86.1 Å². The SMILES string of the molecule is Cc1cc[n+](C)cc1.Cc1cc[n+](C)cc1.Cc1cc[n+](C)cc1.Cc1cc[n+](C)cc1.Cc1cc[n+](C)cc1.Cc1cc[n+](C)cc1.Cc1cc[n+](C)cc1.Cc1cc[n+](C)cc1.Cc1cc[n+](C)cc1.Cc1cc[n+](C)cc1.Cc1cc[n+](C)cc1.Cc1cc[n+](C)cc1.O=P([O-])([O-])F.O=P([O-])([O-])F.O=P([O-])([O-])F.O=P([O-])([O-])F.O=P([O-])([O-])F.O=P([O-])([O-])F. The maximum Gasteiger partial charge on any atom is 0.168 e. The summed E-state index contributed by atoms with van der Waals surface area (Å²) < 4.78 is 136. The molecule has 0 atom stereocenters. The minimum absolute atomic E-state index is 1.31. The molecule has 12 aromatic rings. The first kappa shape index (κ1) is 127. The molecule has 0 aliphatic carbocycles. The second kappa shape index (κ2) is 70.4. The number of hydrogen-bond acceptors (Lipinski definition) is 18. The molecule has 0 aliphatic rings. The van der Waals surface area contributed by atoms with Crippen molar-refractivity contribution in [3.63, 3.8) is 0 Å². The highest BCUT2D eigenvalue weighted by atomic mass is 31.2. The average molecular weight is 1890 g/mol. The molecule has 30 nitrogen and oxygen atoms in total. The third-order valence-electron chi connectivity index (χ3n) is 13.7. The van der Waals surface area contributed by atoms with Gasteiger partial charge >= 0.3 is 0 Å². The number of pyridine rings is 12. The quantitative estimate of drug-likeness (QED) is 0.120. The maximum absolute atomic E-state index is 10.1. The average Bonchev–Trinajstić information content (AvgIpc) is 1.01. The second-order valence-electron chi connectivity index (χ2n) is 27.1. The van der Waals surface area contributed by atoms with Gasteiger partial charge in [0, 0.05) is 146 Å². The van der Waals surface area contributed by atoms with Crippen molar-refractivity contribution in [1.82, 2.24) is 0 Å². The smallest absolute Gasteiger partial charge is 0.168 e. The van der Waals surface area contributed by atoms with Crippen LogP contribution >= 0.6 is 47.4 Å². The van der Waals surface area contributed by atoms with Gasteiger partial charge in [0.15, 0.2) is 149 Å². The van der Waals surface area contributed by atoms with Crippen LogP contribution in [0.15, 0.2) is 294 Å². The van der Waals surface area contributed by atoms with Crippen LogP contribution in [0, 0.1) is 83.1 Å². The molecule has 0 unspecified atom stereocenters. The van der Waals surface area contributed by atoms with Gasteiger partial charge in [-0.05, 0) is 150 Å². The highest BCUT2D eigenvalue weighted by Crippen LogP contribution is 2.24. The Labute approximate surface area is 738 Å². The van der Waals surface area contributed by atoms with Crippen molar-refractivity contribution in [2.45, 2.75) is 83.1 Å². The summed E-state index contributed by atoms with van der Waals surface area (Å²) in [5.41, 5.74) is 15.7. The molecule has 0 spiro atoms. The van der Waals surface area contributed by atoms with Gasteiger partial charge in [-0.3, -0.25) is 0 Å². The number of halogens is 6. The molecule has 12 aromatic heterocycles. The number of aryl methyl sites for hydroxylation is 24. The van der Waals surface area contributed by atoms with Crippen LogP contribution in [-0.2, 0) is 112 Å². The summed E-state index contributed by atoms with van der Waals surface area (Å²) in [5, 5.41) is 0. The van der Waals surface area contributed by atoms with Crippen LogP contribution in [0.1, 0.15) is 66.8 Å². The first-order chi connectivity index (χ1) is 57.5. The molecule has 126 heavy (non-hydrogen) atoms. The lowest BCUT2D eigenvalue weighted by Crippen LogP contribution is -2.25. The topological polar surface area (TPSA) is 426 Å². The summed E-state index contributed by atoms with van der Waals surface area (Å²) >= 11 is 0. The summed E-state index contributed by atoms with van der Waals surface area (Å²) in [6.45, 7) is 25.0. The molecule has 42 heteroatoms. The number of nitrogens with zero attached hydrogens (tertiary/aromatic N) is 12. The van der Waals surface area contributed by atoms with Crippen LogP contribution in [-0.4, -0.2) is 0 Å². The van der Waals surface area contributed by atoms with Crippen LogP contribution in [0.3, 0.4) is 0 Å². The van der Waals surface area contributed by atoms with Crippen molar-refractivity contribution < 1.29 is 166 Å². The zero-order valence-corrected chi connectivity index (χ0v) is 80.7. The van der Waals surface area contributed by atoms with Crippen molar-refractivity contribution in [2.24, 2.45) is 84.6 Å². The predicted molar refractivity (Wildman–Crippen MR) is 441 cm³/mol. The summed E-state index contributed by atoms with van der Waals surface area (Å²) in [7, 11) is -9.67. The van der Waals surface area contributed by atoms with Gasteiger partial charge in [0.05, 0.1) is 0 Å². The van der Waals surface area contributed by atoms with Crippen LogP contribution in [0.25, 0.3) is 0 Å². The zero-order valence-electron chi connectivity index (χ0n) is 75.4. The van der Waals surface area contributed by atoms with E-state index in [1.165, 1.54) is 66.8 Å². The predicted octanol–water partition coefficient (Wildman–Crippen LogP) is 2.54. The van der Waals surface area contributed by atoms with E-state index in [0.29, 0.717) is 0 Å². The third kappa shape index (κ3) is 121. The summed E-state index contributed by atoms with van der Waals surface area (Å²) in [4.78, 5) is 101. The normalized spacial score (nSPS) is 9.86. The lowest BCUT2D eigenvalue weighted by atomic mass is 10.3. The largest absolute Gasteiger partial charge is 0.786 e. The molecule has 0 radical (unpaired) electrons. The van der Waals surface area contributed by atoms with Gasteiger partial charge in [0.2, 0.25) is 0 Å². The Morgan fingerprint density at radius 3 is 0.198 bits per heavy atom. The molecule has 12 rings (SSSR count). The molecule has 0 aliphatic heterocycles. The molecule has 696 valence electrons. The molecular formula is C84H120F6N12O18P6. The van der Waals surface area contributed by atoms with Crippen LogP contribution in [0.4, 0.5) is 25.2 Å². The Hall–Kier alpha value is -9.72.